The highest BCUT2D eigenvalue weighted by Crippen LogP contribution is 2.40. The summed E-state index contributed by atoms with van der Waals surface area (Å²) in [6.45, 7) is 2.26. The maximum Gasteiger partial charge on any atom is 0.267 e. The molecule has 1 aliphatic heterocycles. The molecule has 31 heavy (non-hydrogen) atoms. The van der Waals surface area contributed by atoms with Gasteiger partial charge < -0.3 is 4.74 Å². The summed E-state index contributed by atoms with van der Waals surface area (Å²) in [7, 11) is 0. The number of carbonyl (C=O) groups excluding carboxylic acids is 1. The lowest BCUT2D eigenvalue weighted by Gasteiger charge is -2.35. The van der Waals surface area contributed by atoms with Crippen molar-refractivity contribution in [2.75, 3.05) is 6.61 Å². The first-order chi connectivity index (χ1) is 15.2. The highest BCUT2D eigenvalue weighted by Gasteiger charge is 2.41. The zero-order chi connectivity index (χ0) is 21.6. The van der Waals surface area contributed by atoms with E-state index in [1.165, 1.54) is 18.2 Å². The molecule has 1 saturated heterocycles. The first-order valence-corrected chi connectivity index (χ1v) is 11.4. The smallest absolute Gasteiger partial charge is 0.267 e. The molecule has 0 unspecified atom stereocenters. The Morgan fingerprint density at radius 2 is 1.90 bits per heavy atom. The molecule has 2 aromatic carbocycles. The lowest BCUT2D eigenvalue weighted by molar-refractivity contribution is -0.124. The molecular formula is C25H25N3O2S. The van der Waals surface area contributed by atoms with Gasteiger partial charge in [-0.3, -0.25) is 9.69 Å². The molecule has 0 N–H and O–H groups in total. The van der Waals surface area contributed by atoms with E-state index in [-0.39, 0.29) is 18.6 Å². The Kier molecular flexibility index (Phi) is 6.73. The minimum Gasteiger partial charge on any atom is -0.479 e. The SMILES string of the molecule is C[C@@H]1CCCC[C@@H]1N1C(=O)/C(=C/c2ccc(OCC#N)cc2)SC1=Nc1ccccc1. The number of rotatable bonds is 5. The average molecular weight is 432 g/mol. The minimum atomic E-state index is 0.0165. The van der Waals surface area contributed by atoms with Crippen LogP contribution < -0.4 is 4.74 Å². The third kappa shape index (κ3) is 5.00. The highest BCUT2D eigenvalue weighted by atomic mass is 32.2. The maximum absolute atomic E-state index is 13.5. The van der Waals surface area contributed by atoms with E-state index in [0.29, 0.717) is 16.6 Å². The van der Waals surface area contributed by atoms with Gasteiger partial charge in [0.25, 0.3) is 5.91 Å². The molecule has 5 nitrogen and oxygen atoms in total. The van der Waals surface area contributed by atoms with Crippen molar-refractivity contribution in [1.82, 2.24) is 4.90 Å². The number of nitriles is 1. The van der Waals surface area contributed by atoms with Gasteiger partial charge in [0, 0.05) is 6.04 Å². The van der Waals surface area contributed by atoms with Crippen molar-refractivity contribution in [3.05, 3.63) is 65.1 Å². The number of ether oxygens (including phenoxy) is 1. The molecule has 0 spiro atoms. The van der Waals surface area contributed by atoms with Crippen molar-refractivity contribution < 1.29 is 9.53 Å². The molecule has 1 heterocycles. The predicted octanol–water partition coefficient (Wildman–Crippen LogP) is 5.77. The number of thioether (sulfide) groups is 1. The molecular weight excluding hydrogens is 406 g/mol. The molecule has 0 radical (unpaired) electrons. The van der Waals surface area contributed by atoms with E-state index < -0.39 is 0 Å². The van der Waals surface area contributed by atoms with E-state index in [1.807, 2.05) is 71.6 Å². The van der Waals surface area contributed by atoms with Crippen molar-refractivity contribution in [3.8, 4) is 11.8 Å². The van der Waals surface area contributed by atoms with E-state index in [0.717, 1.165) is 35.7 Å². The van der Waals surface area contributed by atoms with Crippen LogP contribution in [0.25, 0.3) is 6.08 Å². The van der Waals surface area contributed by atoms with Crippen molar-refractivity contribution in [3.63, 3.8) is 0 Å². The second-order valence-electron chi connectivity index (χ2n) is 7.86. The standard InChI is InChI=1S/C25H25N3O2S/c1-18-7-5-6-10-22(18)28-24(29)23(31-25(28)27-20-8-3-2-4-9-20)17-19-11-13-21(14-12-19)30-16-15-26/h2-4,8-9,11-14,17-18,22H,5-7,10,16H2,1H3/b23-17-,27-25?/t18-,22+/m1/s1. The van der Waals surface area contributed by atoms with Crippen LogP contribution in [-0.2, 0) is 4.79 Å². The zero-order valence-electron chi connectivity index (χ0n) is 17.5. The lowest BCUT2D eigenvalue weighted by atomic mass is 9.85. The topological polar surface area (TPSA) is 65.7 Å². The molecule has 0 aromatic heterocycles. The number of amides is 1. The number of amidine groups is 1. The maximum atomic E-state index is 13.5. The van der Waals surface area contributed by atoms with E-state index in [9.17, 15) is 4.79 Å². The van der Waals surface area contributed by atoms with Gasteiger partial charge in [-0.1, -0.05) is 50.1 Å². The van der Waals surface area contributed by atoms with Crippen molar-refractivity contribution in [2.24, 2.45) is 10.9 Å². The quantitative estimate of drug-likeness (QED) is 0.564. The first-order valence-electron chi connectivity index (χ1n) is 10.6. The van der Waals surface area contributed by atoms with Gasteiger partial charge in [0.1, 0.15) is 11.8 Å². The van der Waals surface area contributed by atoms with Gasteiger partial charge in [-0.05, 0) is 66.4 Å². The van der Waals surface area contributed by atoms with Crippen LogP contribution in [0.4, 0.5) is 5.69 Å². The highest BCUT2D eigenvalue weighted by molar-refractivity contribution is 8.18. The summed E-state index contributed by atoms with van der Waals surface area (Å²) in [4.78, 5) is 20.9. The van der Waals surface area contributed by atoms with Gasteiger partial charge in [-0.2, -0.15) is 5.26 Å². The van der Waals surface area contributed by atoms with Crippen LogP contribution in [0.5, 0.6) is 5.75 Å². The van der Waals surface area contributed by atoms with Crippen LogP contribution in [0.1, 0.15) is 38.2 Å². The average Bonchev–Trinajstić information content (AvgIpc) is 3.09. The number of nitrogens with zero attached hydrogens (tertiary/aromatic N) is 3. The van der Waals surface area contributed by atoms with Gasteiger partial charge >= 0.3 is 0 Å². The monoisotopic (exact) mass is 431 g/mol. The second kappa shape index (κ2) is 9.84. The Hall–Kier alpha value is -3.04. The Morgan fingerprint density at radius 1 is 1.16 bits per heavy atom. The van der Waals surface area contributed by atoms with E-state index >= 15 is 0 Å². The Balaban J connectivity index is 1.64. The Bertz CT molecular complexity index is 1020. The molecule has 158 valence electrons. The van der Waals surface area contributed by atoms with Gasteiger partial charge in [-0.25, -0.2) is 4.99 Å². The molecule has 2 fully saturated rings. The Labute approximate surface area is 187 Å². The molecule has 1 aliphatic carbocycles. The molecule has 2 aromatic rings. The molecule has 1 saturated carbocycles. The van der Waals surface area contributed by atoms with Gasteiger partial charge in [0.05, 0.1) is 10.6 Å². The van der Waals surface area contributed by atoms with Crippen LogP contribution in [-0.4, -0.2) is 28.6 Å². The number of carbonyl (C=O) groups is 1. The van der Waals surface area contributed by atoms with Gasteiger partial charge in [0.2, 0.25) is 0 Å². The Morgan fingerprint density at radius 3 is 2.61 bits per heavy atom. The third-order valence-electron chi connectivity index (χ3n) is 5.70. The summed E-state index contributed by atoms with van der Waals surface area (Å²) in [6, 6.07) is 19.4. The molecule has 6 heteroatoms. The number of para-hydroxylation sites is 1. The fourth-order valence-electron chi connectivity index (χ4n) is 4.08. The summed E-state index contributed by atoms with van der Waals surface area (Å²) in [5, 5.41) is 9.40. The molecule has 2 atom stereocenters. The van der Waals surface area contributed by atoms with E-state index in [2.05, 4.69) is 6.92 Å². The molecule has 1 amide bonds. The van der Waals surface area contributed by atoms with Crippen molar-refractivity contribution in [2.45, 2.75) is 38.6 Å². The van der Waals surface area contributed by atoms with Crippen LogP contribution in [0.3, 0.4) is 0 Å². The third-order valence-corrected chi connectivity index (χ3v) is 6.68. The zero-order valence-corrected chi connectivity index (χ0v) is 18.3. The number of benzene rings is 2. The number of aliphatic imine (C=N–C) groups is 1. The predicted molar refractivity (Wildman–Crippen MR) is 125 cm³/mol. The van der Waals surface area contributed by atoms with Crippen LogP contribution in [0, 0.1) is 17.2 Å². The first kappa shape index (κ1) is 21.2. The number of hydrogen-bond acceptors (Lipinski definition) is 5. The lowest BCUT2D eigenvalue weighted by Crippen LogP contribution is -2.44. The molecule has 4 rings (SSSR count). The fourth-order valence-corrected chi connectivity index (χ4v) is 5.12. The fraction of sp³-hybridized carbons (Fsp3) is 0.320. The van der Waals surface area contributed by atoms with Gasteiger partial charge in [0.15, 0.2) is 11.8 Å². The van der Waals surface area contributed by atoms with Crippen LogP contribution in [0.2, 0.25) is 0 Å². The minimum absolute atomic E-state index is 0.0165. The molecule has 2 aliphatic rings. The summed E-state index contributed by atoms with van der Waals surface area (Å²) < 4.78 is 5.31. The van der Waals surface area contributed by atoms with E-state index in [4.69, 9.17) is 15.0 Å². The normalized spacial score (nSPS) is 23.9. The summed E-state index contributed by atoms with van der Waals surface area (Å²) in [6.07, 6.45) is 6.43. The number of hydrogen-bond donors (Lipinski definition) is 0. The summed E-state index contributed by atoms with van der Waals surface area (Å²) in [5.41, 5.74) is 1.77. The largest absolute Gasteiger partial charge is 0.479 e. The van der Waals surface area contributed by atoms with Crippen LogP contribution in [0.15, 0.2) is 64.5 Å². The van der Waals surface area contributed by atoms with Crippen LogP contribution >= 0.6 is 11.8 Å². The van der Waals surface area contributed by atoms with Gasteiger partial charge in [-0.15, -0.1) is 0 Å². The second-order valence-corrected chi connectivity index (χ2v) is 8.87. The summed E-state index contributed by atoms with van der Waals surface area (Å²) >= 11 is 1.44. The summed E-state index contributed by atoms with van der Waals surface area (Å²) in [5.74, 6) is 1.12. The van der Waals surface area contributed by atoms with E-state index in [1.54, 1.807) is 0 Å². The molecule has 0 bridgehead atoms. The van der Waals surface area contributed by atoms with Crippen molar-refractivity contribution >= 4 is 34.6 Å². The van der Waals surface area contributed by atoms with Crippen molar-refractivity contribution in [1.29, 1.82) is 5.26 Å².